The van der Waals surface area contributed by atoms with Gasteiger partial charge in [0, 0.05) is 17.2 Å². The number of hydrogen-bond acceptors (Lipinski definition) is 3. The van der Waals surface area contributed by atoms with Crippen molar-refractivity contribution in [2.75, 3.05) is 17.2 Å². The van der Waals surface area contributed by atoms with Crippen molar-refractivity contribution in [2.45, 2.75) is 30.3 Å². The highest BCUT2D eigenvalue weighted by molar-refractivity contribution is 7.99. The van der Waals surface area contributed by atoms with Crippen LogP contribution in [0.2, 0.25) is 0 Å². The second kappa shape index (κ2) is 4.41. The second-order valence-corrected chi connectivity index (χ2v) is 6.68. The van der Waals surface area contributed by atoms with Crippen LogP contribution >= 0.6 is 11.8 Å². The predicted octanol–water partition coefficient (Wildman–Crippen LogP) is 1.67. The zero-order valence-corrected chi connectivity index (χ0v) is 12.3. The van der Waals surface area contributed by atoms with Crippen LogP contribution < -0.4 is 10.6 Å². The minimum atomic E-state index is -0.964. The Kier molecular flexibility index (Phi) is 2.93. The molecule has 5 nitrogen and oxygen atoms in total. The molecule has 2 N–H and O–H groups in total. The van der Waals surface area contributed by atoms with Crippen molar-refractivity contribution in [1.82, 2.24) is 4.90 Å². The molecule has 1 unspecified atom stereocenters. The van der Waals surface area contributed by atoms with Crippen LogP contribution in [0.5, 0.6) is 0 Å². The normalized spacial score (nSPS) is 21.7. The average Bonchev–Trinajstić information content (AvgIpc) is 2.77. The number of fused-ring (bicyclic) bond motifs is 3. The summed E-state index contributed by atoms with van der Waals surface area (Å²) in [6.45, 7) is 3.94. The summed E-state index contributed by atoms with van der Waals surface area (Å²) in [6.07, 6.45) is 0. The Morgan fingerprint density at radius 1 is 1.40 bits per heavy atom. The third kappa shape index (κ3) is 1.78. The summed E-state index contributed by atoms with van der Waals surface area (Å²) in [6, 6.07) is 7.83. The Hall–Kier alpha value is -1.69. The van der Waals surface area contributed by atoms with Crippen LogP contribution in [0.1, 0.15) is 13.8 Å². The van der Waals surface area contributed by atoms with E-state index in [-0.39, 0.29) is 12.1 Å². The summed E-state index contributed by atoms with van der Waals surface area (Å²) >= 11 is 1.75. The molecular formula is C14H17N3O2S. The molecular weight excluding hydrogens is 274 g/mol. The molecule has 0 aromatic heterocycles. The minimum Gasteiger partial charge on any atom is -0.368 e. The molecule has 1 fully saturated rings. The fraction of sp³-hybridized carbons (Fsp3) is 0.429. The van der Waals surface area contributed by atoms with Crippen LogP contribution in [0.4, 0.5) is 10.5 Å². The molecule has 0 bridgehead atoms. The number of carbonyl (C=O) groups is 2. The Balaban J connectivity index is 1.99. The third-order valence-electron chi connectivity index (χ3n) is 4.03. The first kappa shape index (κ1) is 13.3. The molecule has 0 saturated carbocycles. The van der Waals surface area contributed by atoms with E-state index in [2.05, 4.69) is 0 Å². The van der Waals surface area contributed by atoms with Crippen LogP contribution in [0, 0.1) is 0 Å². The van der Waals surface area contributed by atoms with Gasteiger partial charge in [-0.2, -0.15) is 0 Å². The van der Waals surface area contributed by atoms with Gasteiger partial charge in [0.2, 0.25) is 5.91 Å². The van der Waals surface area contributed by atoms with Gasteiger partial charge in [-0.3, -0.25) is 9.69 Å². The van der Waals surface area contributed by atoms with Crippen molar-refractivity contribution in [2.24, 2.45) is 5.73 Å². The number of urea groups is 1. The van der Waals surface area contributed by atoms with E-state index in [1.54, 1.807) is 35.4 Å². The van der Waals surface area contributed by atoms with Crippen LogP contribution in [-0.4, -0.2) is 40.7 Å². The van der Waals surface area contributed by atoms with E-state index in [0.29, 0.717) is 6.54 Å². The molecule has 1 aromatic rings. The second-order valence-electron chi connectivity index (χ2n) is 5.62. The maximum atomic E-state index is 12.7. The van der Waals surface area contributed by atoms with Gasteiger partial charge in [0.05, 0.1) is 11.7 Å². The van der Waals surface area contributed by atoms with Gasteiger partial charge < -0.3 is 10.6 Å². The molecule has 1 atom stereocenters. The number of thioether (sulfide) groups is 1. The smallest absolute Gasteiger partial charge is 0.325 e. The van der Waals surface area contributed by atoms with Gasteiger partial charge in [0.1, 0.15) is 5.54 Å². The van der Waals surface area contributed by atoms with Gasteiger partial charge >= 0.3 is 6.03 Å². The first-order chi connectivity index (χ1) is 9.43. The van der Waals surface area contributed by atoms with Gasteiger partial charge in [-0.05, 0) is 26.0 Å². The summed E-state index contributed by atoms with van der Waals surface area (Å²) in [7, 11) is 0. The molecule has 2 heterocycles. The Morgan fingerprint density at radius 3 is 2.80 bits per heavy atom. The van der Waals surface area contributed by atoms with Crippen LogP contribution in [0.25, 0.3) is 0 Å². The molecule has 1 saturated heterocycles. The van der Waals surface area contributed by atoms with E-state index >= 15 is 0 Å². The van der Waals surface area contributed by atoms with Gasteiger partial charge in [-0.15, -0.1) is 11.8 Å². The molecule has 2 aliphatic rings. The van der Waals surface area contributed by atoms with Crippen LogP contribution in [0.15, 0.2) is 29.2 Å². The Labute approximate surface area is 122 Å². The van der Waals surface area contributed by atoms with E-state index in [0.717, 1.165) is 16.3 Å². The largest absolute Gasteiger partial charge is 0.368 e. The number of anilines is 1. The van der Waals surface area contributed by atoms with Gasteiger partial charge in [-0.1, -0.05) is 12.1 Å². The molecule has 20 heavy (non-hydrogen) atoms. The molecule has 106 valence electrons. The number of primary amides is 1. The zero-order chi connectivity index (χ0) is 14.5. The number of amides is 3. The SMILES string of the molecule is CC(C)(C(N)=O)N1CC2CSc3ccccc3N2C1=O. The van der Waals surface area contributed by atoms with Crippen molar-refractivity contribution in [3.63, 3.8) is 0 Å². The maximum Gasteiger partial charge on any atom is 0.325 e. The van der Waals surface area contributed by atoms with E-state index in [9.17, 15) is 9.59 Å². The standard InChI is InChI=1S/C14H17N3O2S/c1-14(2,12(15)18)16-7-9-8-20-11-6-4-3-5-10(11)17(9)13(16)19/h3-6,9H,7-8H2,1-2H3,(H2,15,18). The molecule has 1 aromatic carbocycles. The van der Waals surface area contributed by atoms with E-state index in [4.69, 9.17) is 5.73 Å². The first-order valence-electron chi connectivity index (χ1n) is 6.55. The molecule has 0 radical (unpaired) electrons. The lowest BCUT2D eigenvalue weighted by molar-refractivity contribution is -0.126. The monoisotopic (exact) mass is 291 g/mol. The minimum absolute atomic E-state index is 0.0982. The highest BCUT2D eigenvalue weighted by atomic mass is 32.2. The van der Waals surface area contributed by atoms with Crippen molar-refractivity contribution in [3.05, 3.63) is 24.3 Å². The first-order valence-corrected chi connectivity index (χ1v) is 7.54. The summed E-state index contributed by atoms with van der Waals surface area (Å²) < 4.78 is 0. The van der Waals surface area contributed by atoms with E-state index < -0.39 is 11.4 Å². The number of rotatable bonds is 2. The Morgan fingerprint density at radius 2 is 2.10 bits per heavy atom. The lowest BCUT2D eigenvalue weighted by Crippen LogP contribution is -2.54. The summed E-state index contributed by atoms with van der Waals surface area (Å²) in [4.78, 5) is 28.8. The highest BCUT2D eigenvalue weighted by Gasteiger charge is 2.48. The zero-order valence-electron chi connectivity index (χ0n) is 11.5. The summed E-state index contributed by atoms with van der Waals surface area (Å²) in [5.74, 6) is 0.361. The molecule has 0 aliphatic carbocycles. The van der Waals surface area contributed by atoms with Crippen LogP contribution in [-0.2, 0) is 4.79 Å². The number of para-hydroxylation sites is 1. The van der Waals surface area contributed by atoms with E-state index in [1.807, 2.05) is 24.3 Å². The van der Waals surface area contributed by atoms with Crippen molar-refractivity contribution < 1.29 is 9.59 Å². The number of benzene rings is 1. The van der Waals surface area contributed by atoms with Crippen molar-refractivity contribution in [1.29, 1.82) is 0 Å². The maximum absolute atomic E-state index is 12.7. The van der Waals surface area contributed by atoms with Gasteiger partial charge in [0.25, 0.3) is 0 Å². The predicted molar refractivity (Wildman–Crippen MR) is 78.8 cm³/mol. The third-order valence-corrected chi connectivity index (χ3v) is 5.24. The lowest BCUT2D eigenvalue weighted by atomic mass is 10.0. The van der Waals surface area contributed by atoms with Crippen molar-refractivity contribution in [3.8, 4) is 0 Å². The van der Waals surface area contributed by atoms with Gasteiger partial charge in [0.15, 0.2) is 0 Å². The van der Waals surface area contributed by atoms with E-state index in [1.165, 1.54) is 0 Å². The number of hydrogen-bond donors (Lipinski definition) is 1. The molecule has 6 heteroatoms. The number of nitrogens with two attached hydrogens (primary N) is 1. The molecule has 2 aliphatic heterocycles. The van der Waals surface area contributed by atoms with Crippen molar-refractivity contribution >= 4 is 29.4 Å². The Bertz CT molecular complexity index is 588. The summed E-state index contributed by atoms with van der Waals surface area (Å²) in [5, 5.41) is 0. The summed E-state index contributed by atoms with van der Waals surface area (Å²) in [5.41, 5.74) is 5.41. The lowest BCUT2D eigenvalue weighted by Gasteiger charge is -2.32. The topological polar surface area (TPSA) is 66.6 Å². The quantitative estimate of drug-likeness (QED) is 0.901. The average molecular weight is 291 g/mol. The number of nitrogens with zero attached hydrogens (tertiary/aromatic N) is 2. The molecule has 0 spiro atoms. The number of carbonyl (C=O) groups excluding carboxylic acids is 2. The molecule has 3 rings (SSSR count). The van der Waals surface area contributed by atoms with Gasteiger partial charge in [-0.25, -0.2) is 4.79 Å². The van der Waals surface area contributed by atoms with Crippen LogP contribution in [0.3, 0.4) is 0 Å². The highest BCUT2D eigenvalue weighted by Crippen LogP contribution is 2.41. The molecule has 3 amide bonds. The fourth-order valence-electron chi connectivity index (χ4n) is 2.65. The fourth-order valence-corrected chi connectivity index (χ4v) is 3.76.